The van der Waals surface area contributed by atoms with Crippen LogP contribution in [0.5, 0.6) is 23.0 Å². The van der Waals surface area contributed by atoms with Crippen LogP contribution in [0.3, 0.4) is 0 Å². The van der Waals surface area contributed by atoms with Gasteiger partial charge in [0.15, 0.2) is 0 Å². The van der Waals surface area contributed by atoms with Crippen LogP contribution in [-0.4, -0.2) is 46.9 Å². The van der Waals surface area contributed by atoms with E-state index in [4.69, 9.17) is 39.4 Å². The van der Waals surface area contributed by atoms with Gasteiger partial charge in [0.2, 0.25) is 0 Å². The van der Waals surface area contributed by atoms with E-state index in [0.29, 0.717) is 49.7 Å². The Morgan fingerprint density at radius 2 is 0.667 bits per heavy atom. The molecule has 78 heavy (non-hydrogen) atoms. The van der Waals surface area contributed by atoms with E-state index in [1.165, 1.54) is 111 Å². The molecule has 0 aliphatic rings. The topological polar surface area (TPSA) is 118 Å². The van der Waals surface area contributed by atoms with E-state index in [-0.39, 0.29) is 71.7 Å². The zero-order valence-corrected chi connectivity index (χ0v) is 43.5. The molecular formula is C62H64F8O8. The summed E-state index contributed by atoms with van der Waals surface area (Å²) in [4.78, 5) is 0. The van der Waals surface area contributed by atoms with Crippen LogP contribution in [0, 0.1) is 37.5 Å². The normalized spacial score (nSPS) is 11.6. The lowest BCUT2D eigenvalue weighted by molar-refractivity contribution is -0.188. The lowest BCUT2D eigenvalue weighted by Gasteiger charge is -2.22. The predicted octanol–water partition coefficient (Wildman–Crippen LogP) is 14.2. The third kappa shape index (κ3) is 19.7. The summed E-state index contributed by atoms with van der Waals surface area (Å²) < 4.78 is 138. The molecule has 416 valence electrons. The second kappa shape index (κ2) is 30.2. The van der Waals surface area contributed by atoms with Crippen molar-refractivity contribution in [3.63, 3.8) is 0 Å². The smallest absolute Gasteiger partial charge is 0.426 e. The van der Waals surface area contributed by atoms with Crippen LogP contribution in [0.15, 0.2) is 133 Å². The second-order valence-corrected chi connectivity index (χ2v) is 18.2. The molecular weight excluding hydrogens is 1020 g/mol. The van der Waals surface area contributed by atoms with Gasteiger partial charge in [-0.3, -0.25) is 0 Å². The van der Waals surface area contributed by atoms with Gasteiger partial charge in [0.05, 0.1) is 22.3 Å². The van der Waals surface area contributed by atoms with Crippen LogP contribution >= 0.6 is 0 Å². The van der Waals surface area contributed by atoms with Crippen LogP contribution in [-0.2, 0) is 37.3 Å². The highest BCUT2D eigenvalue weighted by Gasteiger charge is 2.38. The quantitative estimate of drug-likeness (QED) is 0.0241. The number of rotatable bonds is 26. The largest absolute Gasteiger partial charge is 0.429 e. The first-order valence-electron chi connectivity index (χ1n) is 25.6. The molecule has 6 aromatic carbocycles. The lowest BCUT2D eigenvalue weighted by atomic mass is 10.0. The number of halogens is 8. The van der Waals surface area contributed by atoms with E-state index in [9.17, 15) is 35.1 Å². The van der Waals surface area contributed by atoms with Crippen LogP contribution in [0.2, 0.25) is 0 Å². The maximum Gasteiger partial charge on any atom is 0.426 e. The number of hydrogen-bond acceptors (Lipinski definition) is 8. The SMILES string of the molecule is Cc1cc(OC(F)(F)c2ccc(C#CCCCO)cc2)ccc1OC(F)(F)c1ccc(C#CCCCO)cc1.Cc1cc(OC(F)(F)c2ccc(CCCCCO)cc2)ccc1OC(F)(F)c1ccc(CCCCCO)cc1. The Morgan fingerprint density at radius 1 is 0.359 bits per heavy atom. The predicted molar refractivity (Wildman–Crippen MR) is 282 cm³/mol. The molecule has 6 aromatic rings. The minimum Gasteiger partial charge on any atom is -0.429 e. The van der Waals surface area contributed by atoms with Crippen molar-refractivity contribution in [1.82, 2.24) is 0 Å². The molecule has 0 unspecified atom stereocenters. The summed E-state index contributed by atoms with van der Waals surface area (Å²) >= 11 is 0. The summed E-state index contributed by atoms with van der Waals surface area (Å²) in [7, 11) is 0. The molecule has 0 aliphatic heterocycles. The van der Waals surface area contributed by atoms with Crippen molar-refractivity contribution in [3.8, 4) is 46.7 Å². The summed E-state index contributed by atoms with van der Waals surface area (Å²) in [6.45, 7) is 3.27. The van der Waals surface area contributed by atoms with Gasteiger partial charge in [0.25, 0.3) is 0 Å². The van der Waals surface area contributed by atoms with E-state index >= 15 is 0 Å². The van der Waals surface area contributed by atoms with Crippen molar-refractivity contribution < 1.29 is 74.5 Å². The summed E-state index contributed by atoms with van der Waals surface area (Å²) in [5.74, 6) is 10.6. The molecule has 0 amide bonds. The van der Waals surface area contributed by atoms with Gasteiger partial charge in [0, 0.05) is 50.4 Å². The molecule has 0 fully saturated rings. The van der Waals surface area contributed by atoms with Gasteiger partial charge in [-0.05, 0) is 197 Å². The Balaban J connectivity index is 0.000000287. The molecule has 0 bridgehead atoms. The van der Waals surface area contributed by atoms with Gasteiger partial charge in [-0.2, -0.15) is 35.1 Å². The molecule has 6 rings (SSSR count). The van der Waals surface area contributed by atoms with Gasteiger partial charge in [-0.15, -0.1) is 0 Å². The Labute approximate surface area is 450 Å². The number of aliphatic hydroxyl groups excluding tert-OH is 4. The minimum atomic E-state index is -3.68. The van der Waals surface area contributed by atoms with Crippen molar-refractivity contribution in [2.24, 2.45) is 0 Å². The van der Waals surface area contributed by atoms with Crippen molar-refractivity contribution in [2.45, 2.75) is 115 Å². The molecule has 0 saturated heterocycles. The molecule has 16 heteroatoms. The lowest BCUT2D eigenvalue weighted by Crippen LogP contribution is -2.23. The van der Waals surface area contributed by atoms with Crippen molar-refractivity contribution in [2.75, 3.05) is 26.4 Å². The van der Waals surface area contributed by atoms with Crippen LogP contribution in [0.4, 0.5) is 35.1 Å². The molecule has 0 aromatic heterocycles. The minimum absolute atomic E-state index is 0.0315. The number of aliphatic hydroxyl groups is 4. The molecule has 8 nitrogen and oxygen atoms in total. The van der Waals surface area contributed by atoms with Gasteiger partial charge >= 0.3 is 24.4 Å². The maximum absolute atomic E-state index is 14.8. The second-order valence-electron chi connectivity index (χ2n) is 18.2. The summed E-state index contributed by atoms with van der Waals surface area (Å²) in [6, 6.07) is 29.4. The van der Waals surface area contributed by atoms with Crippen LogP contribution in [0.1, 0.15) is 120 Å². The fourth-order valence-corrected chi connectivity index (χ4v) is 7.53. The molecule has 0 saturated carbocycles. The van der Waals surface area contributed by atoms with Gasteiger partial charge in [-0.1, -0.05) is 60.8 Å². The zero-order valence-electron chi connectivity index (χ0n) is 43.5. The van der Waals surface area contributed by atoms with E-state index in [0.717, 1.165) is 61.8 Å². The van der Waals surface area contributed by atoms with Crippen LogP contribution < -0.4 is 18.9 Å². The third-order valence-electron chi connectivity index (χ3n) is 11.9. The molecule has 4 N–H and O–H groups in total. The molecule has 0 heterocycles. The fourth-order valence-electron chi connectivity index (χ4n) is 7.53. The van der Waals surface area contributed by atoms with Gasteiger partial charge in [-0.25, -0.2) is 0 Å². The number of alkyl halides is 8. The Hall–Kier alpha value is -7.08. The Morgan fingerprint density at radius 3 is 0.974 bits per heavy atom. The highest BCUT2D eigenvalue weighted by molar-refractivity contribution is 5.43. The van der Waals surface area contributed by atoms with E-state index in [1.807, 2.05) is 0 Å². The number of benzene rings is 6. The van der Waals surface area contributed by atoms with Gasteiger partial charge < -0.3 is 39.4 Å². The first-order valence-corrected chi connectivity index (χ1v) is 25.6. The molecule has 0 spiro atoms. The maximum atomic E-state index is 14.8. The summed E-state index contributed by atoms with van der Waals surface area (Å²) in [6.07, 6.45) is -6.20. The third-order valence-corrected chi connectivity index (χ3v) is 11.9. The highest BCUT2D eigenvalue weighted by atomic mass is 19.3. The molecule has 0 aliphatic carbocycles. The van der Waals surface area contributed by atoms with Gasteiger partial charge in [0.1, 0.15) is 23.0 Å². The van der Waals surface area contributed by atoms with Crippen LogP contribution in [0.25, 0.3) is 0 Å². The average molecular weight is 1090 g/mol. The first-order chi connectivity index (χ1) is 37.3. The first kappa shape index (κ1) is 61.8. The van der Waals surface area contributed by atoms with E-state index in [2.05, 4.69) is 23.7 Å². The Kier molecular flexibility index (Phi) is 23.9. The number of unbranched alkanes of at least 4 members (excludes halogenated alkanes) is 6. The molecule has 0 atom stereocenters. The van der Waals surface area contributed by atoms with Crippen molar-refractivity contribution in [3.05, 3.63) is 189 Å². The molecule has 0 radical (unpaired) electrons. The highest BCUT2D eigenvalue weighted by Crippen LogP contribution is 2.39. The number of hydrogen-bond donors (Lipinski definition) is 4. The summed E-state index contributed by atoms with van der Waals surface area (Å²) in [5, 5.41) is 35.2. The number of aryl methyl sites for hydroxylation is 4. The Bertz CT molecular complexity index is 2890. The average Bonchev–Trinajstić information content (AvgIpc) is 3.48. The van der Waals surface area contributed by atoms with Crippen molar-refractivity contribution >= 4 is 0 Å². The summed E-state index contributed by atoms with van der Waals surface area (Å²) in [5.41, 5.74) is 1.92. The van der Waals surface area contributed by atoms with E-state index in [1.54, 1.807) is 24.3 Å². The monoisotopic (exact) mass is 1090 g/mol. The van der Waals surface area contributed by atoms with Crippen molar-refractivity contribution in [1.29, 1.82) is 0 Å². The van der Waals surface area contributed by atoms with E-state index < -0.39 is 35.6 Å². The standard InChI is InChI=1S/C31H36F4O4.C31H28F4O4/c2*1-23-22-28(38-30(32,33)26-14-10-24(11-15-26)8-4-2-6-20-36)18-19-29(23)39-31(34,35)27-16-12-25(13-17-27)9-5-3-7-21-37/h10-19,22,36-37H,2-9,20-21H2,1H3;10-19,22,36-37H,2-3,6-7,20-21H2,1H3. The fraction of sp³-hybridized carbons (Fsp3) is 0.355. The zero-order chi connectivity index (χ0) is 56.6. The number of ether oxygens (including phenoxy) is 4.